The molecular weight excluding hydrogens is 518 g/mol. The number of nitro benzene ring substituents is 1. The van der Waals surface area contributed by atoms with Crippen molar-refractivity contribution >= 4 is 41.2 Å². The number of hydrogen-bond acceptors (Lipinski definition) is 10. The molecule has 0 bridgehead atoms. The lowest BCUT2D eigenvalue weighted by molar-refractivity contribution is -0.384. The Labute approximate surface area is 221 Å². The highest BCUT2D eigenvalue weighted by Gasteiger charge is 2.56. The van der Waals surface area contributed by atoms with Gasteiger partial charge in [0.05, 0.1) is 4.92 Å². The predicted molar refractivity (Wildman–Crippen MR) is 133 cm³/mol. The fourth-order valence-corrected chi connectivity index (χ4v) is 5.04. The molecule has 13 heteroatoms. The van der Waals surface area contributed by atoms with Crippen LogP contribution in [0.3, 0.4) is 0 Å². The maximum atomic E-state index is 13.1. The number of hydrogen-bond donors (Lipinski definition) is 1. The number of nitrogens with one attached hydrogen (secondary N) is 1. The van der Waals surface area contributed by atoms with Gasteiger partial charge in [-0.25, -0.2) is 4.79 Å². The van der Waals surface area contributed by atoms with Crippen LogP contribution in [-0.4, -0.2) is 64.2 Å². The summed E-state index contributed by atoms with van der Waals surface area (Å²) in [6.45, 7) is 0.515. The number of non-ortho nitro benzene ring substituents is 1. The van der Waals surface area contributed by atoms with Crippen LogP contribution < -0.4 is 10.1 Å². The van der Waals surface area contributed by atoms with E-state index in [0.29, 0.717) is 16.9 Å². The fraction of sp³-hybridized carbons (Fsp3) is 0.280. The van der Waals surface area contributed by atoms with Crippen LogP contribution in [0.2, 0.25) is 0 Å². The van der Waals surface area contributed by atoms with Crippen molar-refractivity contribution in [2.45, 2.75) is 31.0 Å². The van der Waals surface area contributed by atoms with E-state index in [1.54, 1.807) is 29.7 Å². The molecule has 3 atom stereocenters. The lowest BCUT2D eigenvalue weighted by Gasteiger charge is -2.51. The first-order chi connectivity index (χ1) is 18.2. The van der Waals surface area contributed by atoms with E-state index in [-0.39, 0.29) is 25.5 Å². The highest BCUT2D eigenvalue weighted by atomic mass is 32.2. The Morgan fingerprint density at radius 2 is 1.76 bits per heavy atom. The summed E-state index contributed by atoms with van der Waals surface area (Å²) in [6, 6.07) is 12.2. The SMILES string of the molecule is CC(=O)OCC1=CS[C@@H]2C(NC(=O)COc3ccccc3)C(=O)N2C1C(=O)OCc1ccc([N+](=O)[O-])cc1. The fourth-order valence-electron chi connectivity index (χ4n) is 3.83. The molecule has 1 saturated heterocycles. The number of rotatable bonds is 10. The summed E-state index contributed by atoms with van der Waals surface area (Å²) in [5.41, 5.74) is 0.752. The third-order valence-corrected chi connectivity index (χ3v) is 6.91. The summed E-state index contributed by atoms with van der Waals surface area (Å²) < 4.78 is 15.9. The van der Waals surface area contributed by atoms with E-state index in [4.69, 9.17) is 14.2 Å². The standard InChI is InChI=1S/C25H23N3O9S/c1-15(29)35-12-17-14-38-24-21(26-20(30)13-36-19-5-3-2-4-6-19)23(31)27(24)22(17)25(32)37-11-16-7-9-18(10-8-16)28(33)34/h2-10,14,21-22,24H,11-13H2,1H3,(H,26,30)/t21?,22?,24-/m1/s1. The molecule has 2 amide bonds. The summed E-state index contributed by atoms with van der Waals surface area (Å²) in [4.78, 5) is 61.5. The van der Waals surface area contributed by atoms with Crippen molar-refractivity contribution in [1.29, 1.82) is 0 Å². The summed E-state index contributed by atoms with van der Waals surface area (Å²) in [5.74, 6) is -1.82. The zero-order valence-corrected chi connectivity index (χ0v) is 20.9. The van der Waals surface area contributed by atoms with Crippen LogP contribution in [0.4, 0.5) is 5.69 Å². The Morgan fingerprint density at radius 3 is 2.42 bits per heavy atom. The van der Waals surface area contributed by atoms with Gasteiger partial charge in [0.2, 0.25) is 5.91 Å². The summed E-state index contributed by atoms with van der Waals surface area (Å²) in [6.07, 6.45) is 0. The van der Waals surface area contributed by atoms with Crippen molar-refractivity contribution in [2.75, 3.05) is 13.2 Å². The number of carbonyl (C=O) groups is 4. The lowest BCUT2D eigenvalue weighted by Crippen LogP contribution is -2.74. The molecule has 2 heterocycles. The van der Waals surface area contributed by atoms with Crippen molar-refractivity contribution in [3.05, 3.63) is 81.3 Å². The van der Waals surface area contributed by atoms with Gasteiger partial charge in [0, 0.05) is 24.6 Å². The Balaban J connectivity index is 1.41. The number of β-lactam (4-membered cyclic amide) rings is 1. The Kier molecular flexibility index (Phi) is 8.26. The van der Waals surface area contributed by atoms with E-state index in [0.717, 1.165) is 0 Å². The first-order valence-corrected chi connectivity index (χ1v) is 12.4. The number of benzene rings is 2. The molecular formula is C25H23N3O9S. The zero-order chi connectivity index (χ0) is 27.2. The highest BCUT2D eigenvalue weighted by molar-refractivity contribution is 8.02. The second-order valence-corrected chi connectivity index (χ2v) is 9.32. The van der Waals surface area contributed by atoms with Gasteiger partial charge in [-0.1, -0.05) is 18.2 Å². The number of thioether (sulfide) groups is 1. The van der Waals surface area contributed by atoms with Crippen LogP contribution in [0, 0.1) is 10.1 Å². The Hall–Kier alpha value is -4.39. The normalized spacial score (nSPS) is 19.8. The van der Waals surface area contributed by atoms with Crippen LogP contribution in [0.5, 0.6) is 5.75 Å². The minimum Gasteiger partial charge on any atom is -0.484 e. The molecule has 2 aliphatic rings. The number of carbonyl (C=O) groups excluding carboxylic acids is 4. The predicted octanol–water partition coefficient (Wildman–Crippen LogP) is 1.93. The monoisotopic (exact) mass is 541 g/mol. The third kappa shape index (κ3) is 6.11. The zero-order valence-electron chi connectivity index (χ0n) is 20.1. The minimum atomic E-state index is -1.17. The van der Waals surface area contributed by atoms with Crippen molar-refractivity contribution in [2.24, 2.45) is 0 Å². The molecule has 198 valence electrons. The maximum absolute atomic E-state index is 13.1. The van der Waals surface area contributed by atoms with Crippen LogP contribution in [0.1, 0.15) is 12.5 Å². The number of nitrogens with zero attached hydrogens (tertiary/aromatic N) is 2. The molecule has 2 aromatic rings. The molecule has 12 nitrogen and oxygen atoms in total. The van der Waals surface area contributed by atoms with Crippen LogP contribution >= 0.6 is 11.8 Å². The third-order valence-electron chi connectivity index (χ3n) is 5.69. The average molecular weight is 542 g/mol. The number of fused-ring (bicyclic) bond motifs is 1. The van der Waals surface area contributed by atoms with E-state index < -0.39 is 46.1 Å². The molecule has 1 fully saturated rings. The Morgan fingerprint density at radius 1 is 1.05 bits per heavy atom. The second-order valence-electron chi connectivity index (χ2n) is 8.33. The Bertz CT molecular complexity index is 1270. The van der Waals surface area contributed by atoms with Crippen LogP contribution in [0.25, 0.3) is 0 Å². The number of nitro groups is 1. The van der Waals surface area contributed by atoms with Gasteiger partial charge in [-0.2, -0.15) is 0 Å². The minimum absolute atomic E-state index is 0.104. The summed E-state index contributed by atoms with van der Waals surface area (Å²) >= 11 is 1.21. The molecule has 2 unspecified atom stereocenters. The largest absolute Gasteiger partial charge is 0.484 e. The first-order valence-electron chi connectivity index (χ1n) is 11.4. The van der Waals surface area contributed by atoms with Crippen LogP contribution in [-0.2, 0) is 35.3 Å². The molecule has 0 radical (unpaired) electrons. The number of para-hydroxylation sites is 1. The molecule has 0 aromatic heterocycles. The van der Waals surface area contributed by atoms with Crippen molar-refractivity contribution in [3.63, 3.8) is 0 Å². The summed E-state index contributed by atoms with van der Waals surface area (Å²) in [5, 5.41) is 14.5. The average Bonchev–Trinajstić information content (AvgIpc) is 2.92. The van der Waals surface area contributed by atoms with E-state index >= 15 is 0 Å². The number of amides is 2. The highest BCUT2D eigenvalue weighted by Crippen LogP contribution is 2.40. The summed E-state index contributed by atoms with van der Waals surface area (Å²) in [7, 11) is 0. The van der Waals surface area contributed by atoms with Gasteiger partial charge in [0.15, 0.2) is 12.6 Å². The molecule has 0 spiro atoms. The van der Waals surface area contributed by atoms with E-state index in [9.17, 15) is 29.3 Å². The molecule has 1 N–H and O–H groups in total. The van der Waals surface area contributed by atoms with E-state index in [1.807, 2.05) is 6.07 Å². The van der Waals surface area contributed by atoms with Gasteiger partial charge in [-0.05, 0) is 35.2 Å². The quantitative estimate of drug-likeness (QED) is 0.204. The molecule has 0 saturated carbocycles. The molecule has 0 aliphatic carbocycles. The lowest BCUT2D eigenvalue weighted by atomic mass is 9.98. The molecule has 4 rings (SSSR count). The molecule has 2 aromatic carbocycles. The number of ether oxygens (including phenoxy) is 3. The van der Waals surface area contributed by atoms with Crippen molar-refractivity contribution < 1.29 is 38.3 Å². The van der Waals surface area contributed by atoms with E-state index in [1.165, 1.54) is 47.9 Å². The second kappa shape index (κ2) is 11.8. The number of esters is 2. The van der Waals surface area contributed by atoms with E-state index in [2.05, 4.69) is 5.32 Å². The van der Waals surface area contributed by atoms with Gasteiger partial charge in [0.25, 0.3) is 11.6 Å². The van der Waals surface area contributed by atoms with Gasteiger partial charge < -0.3 is 24.4 Å². The van der Waals surface area contributed by atoms with Crippen LogP contribution in [0.15, 0.2) is 65.6 Å². The van der Waals surface area contributed by atoms with Crippen molar-refractivity contribution in [1.82, 2.24) is 10.2 Å². The van der Waals surface area contributed by atoms with Crippen molar-refractivity contribution in [3.8, 4) is 5.75 Å². The maximum Gasteiger partial charge on any atom is 0.333 e. The first kappa shape index (κ1) is 26.7. The van der Waals surface area contributed by atoms with Gasteiger partial charge >= 0.3 is 11.9 Å². The topological polar surface area (TPSA) is 154 Å². The molecule has 38 heavy (non-hydrogen) atoms. The smallest absolute Gasteiger partial charge is 0.333 e. The molecule has 2 aliphatic heterocycles. The van der Waals surface area contributed by atoms with Gasteiger partial charge in [0.1, 0.15) is 30.4 Å². The van der Waals surface area contributed by atoms with Gasteiger partial charge in [-0.3, -0.25) is 24.5 Å². The van der Waals surface area contributed by atoms with Gasteiger partial charge in [-0.15, -0.1) is 11.8 Å².